The lowest BCUT2D eigenvalue weighted by Gasteiger charge is -2.27. The highest BCUT2D eigenvalue weighted by Crippen LogP contribution is 2.60. The highest BCUT2D eigenvalue weighted by atomic mass is 79.9. The molecule has 1 amide bonds. The Bertz CT molecular complexity index is 703. The van der Waals surface area contributed by atoms with Crippen molar-refractivity contribution in [2.75, 3.05) is 5.32 Å². The largest absolute Gasteiger partial charge is 0.478 e. The van der Waals surface area contributed by atoms with Crippen LogP contribution in [0.5, 0.6) is 0 Å². The molecule has 23 heavy (non-hydrogen) atoms. The Labute approximate surface area is 140 Å². The number of hydrogen-bond acceptors (Lipinski definition) is 4. The summed E-state index contributed by atoms with van der Waals surface area (Å²) in [6.07, 6.45) is 0.726. The molecule has 2 N–H and O–H groups in total. The molecule has 6 unspecified atom stereocenters. The van der Waals surface area contributed by atoms with Crippen molar-refractivity contribution in [3.05, 3.63) is 29.8 Å². The third-order valence-electron chi connectivity index (χ3n) is 5.23. The minimum Gasteiger partial charge on any atom is -0.478 e. The van der Waals surface area contributed by atoms with E-state index in [4.69, 9.17) is 9.84 Å². The average molecular weight is 380 g/mol. The first-order chi connectivity index (χ1) is 11.0. The fourth-order valence-electron chi connectivity index (χ4n) is 4.25. The third kappa shape index (κ3) is 2.09. The minimum absolute atomic E-state index is 0.0281. The van der Waals surface area contributed by atoms with E-state index in [2.05, 4.69) is 21.2 Å². The summed E-state index contributed by atoms with van der Waals surface area (Å²) in [7, 11) is 0. The second-order valence-electron chi connectivity index (χ2n) is 6.33. The normalized spacial score (nSPS) is 36.8. The van der Waals surface area contributed by atoms with E-state index in [1.54, 1.807) is 12.1 Å². The number of ether oxygens (including phenoxy) is 1. The monoisotopic (exact) mass is 379 g/mol. The van der Waals surface area contributed by atoms with E-state index < -0.39 is 11.9 Å². The number of nitrogens with one attached hydrogen (secondary N) is 1. The Balaban J connectivity index is 1.53. The molecule has 120 valence electrons. The van der Waals surface area contributed by atoms with Gasteiger partial charge >= 0.3 is 11.9 Å². The van der Waals surface area contributed by atoms with Gasteiger partial charge in [-0.3, -0.25) is 9.59 Å². The highest BCUT2D eigenvalue weighted by molar-refractivity contribution is 9.09. The van der Waals surface area contributed by atoms with Gasteiger partial charge in [0.05, 0.1) is 22.2 Å². The molecule has 1 aliphatic heterocycles. The molecule has 6 atom stereocenters. The molecule has 0 radical (unpaired) electrons. The Morgan fingerprint density at radius 1 is 1.22 bits per heavy atom. The van der Waals surface area contributed by atoms with E-state index in [1.165, 1.54) is 12.1 Å². The molecule has 4 rings (SSSR count). The summed E-state index contributed by atoms with van der Waals surface area (Å²) in [5.74, 6) is -2.01. The predicted molar refractivity (Wildman–Crippen MR) is 83.2 cm³/mol. The fraction of sp³-hybridized carbons (Fsp3) is 0.438. The number of benzene rings is 1. The highest BCUT2D eigenvalue weighted by Gasteiger charge is 2.67. The zero-order valence-corrected chi connectivity index (χ0v) is 13.5. The van der Waals surface area contributed by atoms with E-state index in [0.717, 1.165) is 6.42 Å². The number of halogens is 1. The van der Waals surface area contributed by atoms with Crippen LogP contribution in [-0.4, -0.2) is 33.9 Å². The molecule has 0 aromatic heterocycles. The van der Waals surface area contributed by atoms with Crippen LogP contribution in [-0.2, 0) is 14.3 Å². The molecule has 1 heterocycles. The molecule has 3 fully saturated rings. The Kier molecular flexibility index (Phi) is 3.23. The topological polar surface area (TPSA) is 92.7 Å². The van der Waals surface area contributed by atoms with E-state index in [1.807, 2.05) is 0 Å². The van der Waals surface area contributed by atoms with Gasteiger partial charge in [-0.15, -0.1) is 0 Å². The number of anilines is 1. The van der Waals surface area contributed by atoms with Crippen molar-refractivity contribution in [2.24, 2.45) is 23.7 Å². The Hall–Kier alpha value is -1.89. The zero-order chi connectivity index (χ0) is 16.3. The SMILES string of the molecule is O=C(O)c1ccc(NC(=O)C2C3CC4C(OC(=O)C42)C3Br)cc1. The molecular weight excluding hydrogens is 366 g/mol. The number of carboxylic acids is 1. The average Bonchev–Trinajstić information content (AvgIpc) is 3.12. The summed E-state index contributed by atoms with van der Waals surface area (Å²) in [6, 6.07) is 5.98. The summed E-state index contributed by atoms with van der Waals surface area (Å²) < 4.78 is 5.39. The van der Waals surface area contributed by atoms with Gasteiger partial charge in [-0.2, -0.15) is 0 Å². The number of rotatable bonds is 3. The molecule has 2 saturated carbocycles. The van der Waals surface area contributed by atoms with Crippen molar-refractivity contribution in [3.63, 3.8) is 0 Å². The van der Waals surface area contributed by atoms with E-state index >= 15 is 0 Å². The molecule has 6 nitrogen and oxygen atoms in total. The van der Waals surface area contributed by atoms with Crippen molar-refractivity contribution in [1.29, 1.82) is 0 Å². The van der Waals surface area contributed by atoms with Crippen LogP contribution in [0.15, 0.2) is 24.3 Å². The number of esters is 1. The summed E-state index contributed by atoms with van der Waals surface area (Å²) in [6.45, 7) is 0. The number of carbonyl (C=O) groups is 3. The van der Waals surface area contributed by atoms with Crippen LogP contribution in [0.4, 0.5) is 5.69 Å². The number of fused-ring (bicyclic) bond motifs is 1. The van der Waals surface area contributed by atoms with Gasteiger partial charge in [-0.25, -0.2) is 4.79 Å². The molecular formula is C16H14BrNO5. The number of carboxylic acid groups (broad SMARTS) is 1. The molecule has 1 aromatic carbocycles. The van der Waals surface area contributed by atoms with Crippen LogP contribution in [0, 0.1) is 23.7 Å². The van der Waals surface area contributed by atoms with Crippen molar-refractivity contribution in [1.82, 2.24) is 0 Å². The molecule has 1 saturated heterocycles. The maximum Gasteiger partial charge on any atom is 0.335 e. The van der Waals surface area contributed by atoms with Crippen LogP contribution >= 0.6 is 15.9 Å². The van der Waals surface area contributed by atoms with Crippen LogP contribution in [0.3, 0.4) is 0 Å². The number of hydrogen-bond donors (Lipinski definition) is 2. The van der Waals surface area contributed by atoms with Crippen LogP contribution < -0.4 is 5.32 Å². The van der Waals surface area contributed by atoms with Gasteiger partial charge in [-0.05, 0) is 36.6 Å². The van der Waals surface area contributed by atoms with Crippen molar-refractivity contribution in [3.8, 4) is 0 Å². The van der Waals surface area contributed by atoms with Crippen molar-refractivity contribution < 1.29 is 24.2 Å². The summed E-state index contributed by atoms with van der Waals surface area (Å²) >= 11 is 3.57. The number of alkyl halides is 1. The second-order valence-corrected chi connectivity index (χ2v) is 7.39. The Morgan fingerprint density at radius 3 is 2.57 bits per heavy atom. The first-order valence-corrected chi connectivity index (χ1v) is 8.37. The van der Waals surface area contributed by atoms with Crippen molar-refractivity contribution in [2.45, 2.75) is 17.4 Å². The first-order valence-electron chi connectivity index (χ1n) is 7.46. The van der Waals surface area contributed by atoms with Gasteiger partial charge < -0.3 is 15.2 Å². The Morgan fingerprint density at radius 2 is 1.91 bits per heavy atom. The standard InChI is InChI=1S/C16H14BrNO5/c17-12-8-5-9-11(16(22)23-13(9)12)10(8)14(19)18-7-3-1-6(2-4-7)15(20)21/h1-4,8-13H,5H2,(H,18,19)(H,20,21). The minimum atomic E-state index is -1.02. The van der Waals surface area contributed by atoms with E-state index in [-0.39, 0.29) is 46.1 Å². The third-order valence-corrected chi connectivity index (χ3v) is 6.43. The predicted octanol–water partition coefficient (Wildman–Crippen LogP) is 1.89. The number of carbonyl (C=O) groups excluding carboxylic acids is 2. The summed E-state index contributed by atoms with van der Waals surface area (Å²) in [5.41, 5.74) is 0.683. The zero-order valence-electron chi connectivity index (χ0n) is 11.9. The molecule has 2 aliphatic carbocycles. The first kappa shape index (κ1) is 14.7. The van der Waals surface area contributed by atoms with Gasteiger partial charge in [-0.1, -0.05) is 15.9 Å². The van der Waals surface area contributed by atoms with Gasteiger partial charge in [0.1, 0.15) is 6.10 Å². The summed E-state index contributed by atoms with van der Waals surface area (Å²) in [5, 5.41) is 11.7. The van der Waals surface area contributed by atoms with Crippen molar-refractivity contribution >= 4 is 39.5 Å². The number of aromatic carboxylic acids is 1. The van der Waals surface area contributed by atoms with Crippen LogP contribution in [0.2, 0.25) is 0 Å². The molecule has 2 bridgehead atoms. The second kappa shape index (κ2) is 5.06. The molecule has 3 aliphatic rings. The van der Waals surface area contributed by atoms with E-state index in [9.17, 15) is 14.4 Å². The maximum absolute atomic E-state index is 12.6. The fourth-order valence-corrected chi connectivity index (χ4v) is 5.30. The molecule has 7 heteroatoms. The lowest BCUT2D eigenvalue weighted by Crippen LogP contribution is -2.40. The maximum atomic E-state index is 12.6. The quantitative estimate of drug-likeness (QED) is 0.617. The van der Waals surface area contributed by atoms with Crippen LogP contribution in [0.25, 0.3) is 0 Å². The van der Waals surface area contributed by atoms with Gasteiger partial charge in [0.25, 0.3) is 0 Å². The lowest BCUT2D eigenvalue weighted by atomic mass is 9.79. The van der Waals surface area contributed by atoms with Gasteiger partial charge in [0.15, 0.2) is 0 Å². The smallest absolute Gasteiger partial charge is 0.335 e. The van der Waals surface area contributed by atoms with Gasteiger partial charge in [0.2, 0.25) is 5.91 Å². The molecule has 1 aromatic rings. The lowest BCUT2D eigenvalue weighted by molar-refractivity contribution is -0.145. The number of amides is 1. The van der Waals surface area contributed by atoms with Crippen LogP contribution in [0.1, 0.15) is 16.8 Å². The summed E-state index contributed by atoms with van der Waals surface area (Å²) in [4.78, 5) is 35.6. The van der Waals surface area contributed by atoms with E-state index in [0.29, 0.717) is 5.69 Å². The van der Waals surface area contributed by atoms with Gasteiger partial charge in [0, 0.05) is 11.6 Å². The molecule has 0 spiro atoms.